The van der Waals surface area contributed by atoms with Gasteiger partial charge in [0.2, 0.25) is 11.9 Å². The molecule has 1 aliphatic rings. The van der Waals surface area contributed by atoms with Gasteiger partial charge in [-0.2, -0.15) is 15.0 Å². The van der Waals surface area contributed by atoms with Crippen LogP contribution in [0.25, 0.3) is 0 Å². The molecule has 3 aromatic rings. The van der Waals surface area contributed by atoms with Crippen LogP contribution in [0.15, 0.2) is 53.7 Å². The van der Waals surface area contributed by atoms with Crippen molar-refractivity contribution in [3.63, 3.8) is 0 Å². The number of phenols is 1. The predicted octanol–water partition coefficient (Wildman–Crippen LogP) is 5.28. The van der Waals surface area contributed by atoms with Gasteiger partial charge >= 0.3 is 6.09 Å². The topological polar surface area (TPSA) is 104 Å². The van der Waals surface area contributed by atoms with Crippen molar-refractivity contribution < 1.29 is 14.6 Å². The molecule has 1 saturated heterocycles. The second kappa shape index (κ2) is 14.2. The van der Waals surface area contributed by atoms with E-state index in [0.29, 0.717) is 49.8 Å². The summed E-state index contributed by atoms with van der Waals surface area (Å²) in [5.41, 5.74) is 2.36. The number of rotatable bonds is 11. The first kappa shape index (κ1) is 28.8. The third-order valence-electron chi connectivity index (χ3n) is 6.15. The summed E-state index contributed by atoms with van der Waals surface area (Å²) < 4.78 is 5.34. The van der Waals surface area contributed by atoms with Gasteiger partial charge in [-0.15, -0.1) is 0 Å². The van der Waals surface area contributed by atoms with E-state index in [2.05, 4.69) is 27.3 Å². The van der Waals surface area contributed by atoms with Gasteiger partial charge in [-0.3, -0.25) is 0 Å². The molecule has 1 amide bonds. The van der Waals surface area contributed by atoms with Gasteiger partial charge in [-0.05, 0) is 68.5 Å². The summed E-state index contributed by atoms with van der Waals surface area (Å²) in [4.78, 5) is 30.2. The Hall–Kier alpha value is -3.24. The second-order valence-electron chi connectivity index (χ2n) is 9.57. The molecule has 2 aromatic carbocycles. The number of hydrogen-bond acceptors (Lipinski definition) is 9. The average molecular weight is 571 g/mol. The number of piperazine rings is 1. The fraction of sp³-hybridized carbons (Fsp3) is 0.429. The summed E-state index contributed by atoms with van der Waals surface area (Å²) in [7, 11) is 0. The number of nitrogens with one attached hydrogen (secondary N) is 1. The maximum Gasteiger partial charge on any atom is 0.410 e. The third-order valence-corrected chi connectivity index (χ3v) is 7.33. The van der Waals surface area contributed by atoms with E-state index in [1.165, 1.54) is 5.56 Å². The minimum Gasteiger partial charge on any atom is -0.508 e. The molecule has 2 N–H and O–H groups in total. The smallest absolute Gasteiger partial charge is 0.410 e. The minimum atomic E-state index is -0.284. The third kappa shape index (κ3) is 9.18. The fourth-order valence-corrected chi connectivity index (χ4v) is 4.96. The lowest BCUT2D eigenvalue weighted by Crippen LogP contribution is -2.49. The van der Waals surface area contributed by atoms with Crippen LogP contribution in [-0.4, -0.2) is 75.6 Å². The Bertz CT molecular complexity index is 1200. The van der Waals surface area contributed by atoms with Crippen LogP contribution in [0.1, 0.15) is 31.4 Å². The van der Waals surface area contributed by atoms with Crippen LogP contribution in [0.4, 0.5) is 16.7 Å². The highest BCUT2D eigenvalue weighted by Gasteiger charge is 2.25. The normalized spacial score (nSPS) is 13.5. The van der Waals surface area contributed by atoms with Crippen LogP contribution in [-0.2, 0) is 17.6 Å². The summed E-state index contributed by atoms with van der Waals surface area (Å²) in [6.45, 7) is 6.67. The Morgan fingerprint density at radius 2 is 1.67 bits per heavy atom. The van der Waals surface area contributed by atoms with Crippen molar-refractivity contribution >= 4 is 41.4 Å². The van der Waals surface area contributed by atoms with E-state index in [1.54, 1.807) is 28.8 Å². The lowest BCUT2D eigenvalue weighted by molar-refractivity contribution is 0.0750. The van der Waals surface area contributed by atoms with Gasteiger partial charge in [0.25, 0.3) is 0 Å². The van der Waals surface area contributed by atoms with Gasteiger partial charge in [-0.25, -0.2) is 4.79 Å². The molecule has 2 heterocycles. The molecule has 1 aromatic heterocycles. The van der Waals surface area contributed by atoms with Gasteiger partial charge in [0.05, 0.1) is 6.10 Å². The Labute approximate surface area is 239 Å². The molecule has 4 rings (SSSR count). The quantitative estimate of drug-likeness (QED) is 0.235. The van der Waals surface area contributed by atoms with Gasteiger partial charge < -0.3 is 25.0 Å². The molecule has 0 unspecified atom stereocenters. The number of carbonyl (C=O) groups is 1. The minimum absolute atomic E-state index is 0.145. The lowest BCUT2D eigenvalue weighted by atomic mass is 10.1. The van der Waals surface area contributed by atoms with Crippen molar-refractivity contribution in [3.8, 4) is 5.75 Å². The molecule has 1 aliphatic heterocycles. The van der Waals surface area contributed by atoms with Gasteiger partial charge in [0, 0.05) is 43.5 Å². The number of benzene rings is 2. The van der Waals surface area contributed by atoms with Crippen molar-refractivity contribution in [1.82, 2.24) is 19.9 Å². The monoisotopic (exact) mass is 570 g/mol. The Morgan fingerprint density at radius 1 is 1.00 bits per heavy atom. The van der Waals surface area contributed by atoms with Gasteiger partial charge in [0.15, 0.2) is 5.16 Å². The maximum absolute atomic E-state index is 12.3. The van der Waals surface area contributed by atoms with E-state index in [1.807, 2.05) is 38.1 Å². The molecule has 9 nitrogen and oxygen atoms in total. The number of aromatic nitrogens is 3. The molecule has 0 spiro atoms. The highest BCUT2D eigenvalue weighted by molar-refractivity contribution is 7.99. The molecular formula is C28H35ClN6O3S. The van der Waals surface area contributed by atoms with Crippen LogP contribution in [0.3, 0.4) is 0 Å². The number of hydrogen-bond donors (Lipinski definition) is 2. The van der Waals surface area contributed by atoms with Crippen LogP contribution in [0.2, 0.25) is 5.02 Å². The molecule has 0 bridgehead atoms. The van der Waals surface area contributed by atoms with Crippen molar-refractivity contribution in [1.29, 1.82) is 0 Å². The van der Waals surface area contributed by atoms with E-state index >= 15 is 0 Å². The SMILES string of the molecule is CC(C)OC(=O)N1CCN(c2nc(NCCc3ccc(O)cc3)nc(SCCCc3ccc(Cl)cc3)n2)CC1. The first-order valence-corrected chi connectivity index (χ1v) is 14.6. The summed E-state index contributed by atoms with van der Waals surface area (Å²) in [6, 6.07) is 15.1. The van der Waals surface area contributed by atoms with Crippen LogP contribution in [0.5, 0.6) is 5.75 Å². The summed E-state index contributed by atoms with van der Waals surface area (Å²) in [5.74, 6) is 2.26. The average Bonchev–Trinajstić information content (AvgIpc) is 2.93. The van der Waals surface area contributed by atoms with Crippen LogP contribution < -0.4 is 10.2 Å². The predicted molar refractivity (Wildman–Crippen MR) is 156 cm³/mol. The van der Waals surface area contributed by atoms with Crippen molar-refractivity contribution in [2.75, 3.05) is 48.7 Å². The standard InChI is InChI=1S/C28H35ClN6O3S/c1-20(2)38-28(37)35-17-15-34(16-18-35)26-31-25(30-14-13-22-7-11-24(36)12-8-22)32-27(33-26)39-19-3-4-21-5-9-23(29)10-6-21/h5-12,20,36H,3-4,13-19H2,1-2H3,(H,30,31,32,33). The highest BCUT2D eigenvalue weighted by atomic mass is 35.5. The molecule has 1 fully saturated rings. The van der Waals surface area contributed by atoms with Gasteiger partial charge in [-0.1, -0.05) is 47.6 Å². The Balaban J connectivity index is 1.38. The Kier molecular flexibility index (Phi) is 10.5. The number of amides is 1. The number of aromatic hydroxyl groups is 1. The van der Waals surface area contributed by atoms with E-state index in [0.717, 1.165) is 35.6 Å². The van der Waals surface area contributed by atoms with Crippen LogP contribution >= 0.6 is 23.4 Å². The zero-order valence-electron chi connectivity index (χ0n) is 22.3. The highest BCUT2D eigenvalue weighted by Crippen LogP contribution is 2.22. The zero-order chi connectivity index (χ0) is 27.6. The zero-order valence-corrected chi connectivity index (χ0v) is 23.9. The van der Waals surface area contributed by atoms with E-state index in [-0.39, 0.29) is 17.9 Å². The fourth-order valence-electron chi connectivity index (χ4n) is 4.07. The number of ether oxygens (including phenoxy) is 1. The number of anilines is 2. The van der Waals surface area contributed by atoms with E-state index < -0.39 is 0 Å². The molecule has 39 heavy (non-hydrogen) atoms. The largest absolute Gasteiger partial charge is 0.508 e. The molecule has 0 atom stereocenters. The number of carbonyl (C=O) groups excluding carboxylic acids is 1. The van der Waals surface area contributed by atoms with E-state index in [9.17, 15) is 9.90 Å². The first-order chi connectivity index (χ1) is 18.9. The summed E-state index contributed by atoms with van der Waals surface area (Å²) >= 11 is 7.61. The molecule has 0 radical (unpaired) electrons. The molecule has 0 aliphatic carbocycles. The first-order valence-electron chi connectivity index (χ1n) is 13.2. The van der Waals surface area contributed by atoms with E-state index in [4.69, 9.17) is 26.3 Å². The van der Waals surface area contributed by atoms with Crippen molar-refractivity contribution in [3.05, 3.63) is 64.7 Å². The van der Waals surface area contributed by atoms with Gasteiger partial charge in [0.1, 0.15) is 5.75 Å². The summed E-state index contributed by atoms with van der Waals surface area (Å²) in [5, 5.41) is 14.3. The molecule has 208 valence electrons. The lowest BCUT2D eigenvalue weighted by Gasteiger charge is -2.34. The second-order valence-corrected chi connectivity index (χ2v) is 11.1. The number of halogens is 1. The summed E-state index contributed by atoms with van der Waals surface area (Å²) in [6.07, 6.45) is 2.27. The van der Waals surface area contributed by atoms with Crippen LogP contribution in [0, 0.1) is 0 Å². The molecule has 11 heteroatoms. The molecule has 0 saturated carbocycles. The Morgan fingerprint density at radius 3 is 2.36 bits per heavy atom. The number of phenolic OH excluding ortho intramolecular Hbond substituents is 1. The number of thioether (sulfide) groups is 1. The number of aryl methyl sites for hydroxylation is 1. The maximum atomic E-state index is 12.3. The molecular weight excluding hydrogens is 536 g/mol. The van der Waals surface area contributed by atoms with Crippen molar-refractivity contribution in [2.45, 2.75) is 44.4 Å². The number of nitrogens with zero attached hydrogens (tertiary/aromatic N) is 5. The van der Waals surface area contributed by atoms with Crippen molar-refractivity contribution in [2.24, 2.45) is 0 Å².